The van der Waals surface area contributed by atoms with Crippen LogP contribution in [-0.2, 0) is 6.42 Å². The lowest BCUT2D eigenvalue weighted by atomic mass is 10.1. The number of hydrogen-bond donors (Lipinski definition) is 1. The van der Waals surface area contributed by atoms with Crippen LogP contribution in [0.5, 0.6) is 0 Å². The molecule has 4 heteroatoms. The van der Waals surface area contributed by atoms with Crippen LogP contribution in [0.1, 0.15) is 5.56 Å². The van der Waals surface area contributed by atoms with Crippen LogP contribution < -0.4 is 5.32 Å². The van der Waals surface area contributed by atoms with Crippen LogP contribution in [0.15, 0.2) is 57.9 Å². The van der Waals surface area contributed by atoms with Crippen molar-refractivity contribution in [3.63, 3.8) is 0 Å². The van der Waals surface area contributed by atoms with Crippen LogP contribution in [-0.4, -0.2) is 18.8 Å². The van der Waals surface area contributed by atoms with Gasteiger partial charge in [-0.1, -0.05) is 45.7 Å². The zero-order chi connectivity index (χ0) is 14.4. The summed E-state index contributed by atoms with van der Waals surface area (Å²) in [7, 11) is 2.02. The summed E-state index contributed by atoms with van der Waals surface area (Å²) in [5.41, 5.74) is 1.34. The number of benzene rings is 2. The van der Waals surface area contributed by atoms with Crippen molar-refractivity contribution in [2.75, 3.05) is 12.8 Å². The highest BCUT2D eigenvalue weighted by atomic mass is 79.9. The first-order valence-electron chi connectivity index (χ1n) is 6.47. The smallest absolute Gasteiger partial charge is 0.0417 e. The third kappa shape index (κ3) is 5.13. The molecule has 0 aromatic heterocycles. The summed E-state index contributed by atoms with van der Waals surface area (Å²) < 4.78 is 1.13. The molecule has 2 aromatic carbocycles. The van der Waals surface area contributed by atoms with Crippen LogP contribution in [0.2, 0.25) is 5.02 Å². The van der Waals surface area contributed by atoms with Gasteiger partial charge in [-0.25, -0.2) is 0 Å². The van der Waals surface area contributed by atoms with Crippen LogP contribution >= 0.6 is 39.3 Å². The molecule has 0 radical (unpaired) electrons. The molecule has 0 bridgehead atoms. The van der Waals surface area contributed by atoms with Crippen LogP contribution in [0, 0.1) is 0 Å². The number of rotatable bonds is 6. The number of likely N-dealkylation sites (N-methyl/N-ethyl adjacent to an activating group) is 1. The topological polar surface area (TPSA) is 12.0 Å². The van der Waals surface area contributed by atoms with Gasteiger partial charge in [-0.15, -0.1) is 11.8 Å². The van der Waals surface area contributed by atoms with E-state index < -0.39 is 0 Å². The lowest BCUT2D eigenvalue weighted by Gasteiger charge is -2.16. The van der Waals surface area contributed by atoms with Crippen molar-refractivity contribution < 1.29 is 0 Å². The Morgan fingerprint density at radius 2 is 2.00 bits per heavy atom. The van der Waals surface area contributed by atoms with Gasteiger partial charge in [0, 0.05) is 26.2 Å². The standard InChI is InChI=1S/C16H17BrClNS/c1-19-15(9-12-4-2-5-13(17)8-12)11-20-16-7-3-6-14(18)10-16/h2-8,10,15,19H,9,11H2,1H3. The molecule has 1 nitrogen and oxygen atoms in total. The van der Waals surface area contributed by atoms with Crippen molar-refractivity contribution in [2.45, 2.75) is 17.4 Å². The minimum atomic E-state index is 0.438. The van der Waals surface area contributed by atoms with E-state index in [1.165, 1.54) is 10.5 Å². The molecule has 1 atom stereocenters. The largest absolute Gasteiger partial charge is 0.316 e. The van der Waals surface area contributed by atoms with Crippen molar-refractivity contribution >= 4 is 39.3 Å². The van der Waals surface area contributed by atoms with E-state index in [9.17, 15) is 0 Å². The highest BCUT2D eigenvalue weighted by Gasteiger charge is 2.08. The Morgan fingerprint density at radius 1 is 1.20 bits per heavy atom. The molecule has 0 aliphatic heterocycles. The first kappa shape index (κ1) is 15.9. The summed E-state index contributed by atoms with van der Waals surface area (Å²) in [6.07, 6.45) is 1.02. The van der Waals surface area contributed by atoms with E-state index in [0.29, 0.717) is 6.04 Å². The monoisotopic (exact) mass is 369 g/mol. The van der Waals surface area contributed by atoms with Gasteiger partial charge < -0.3 is 5.32 Å². The maximum Gasteiger partial charge on any atom is 0.0417 e. The second-order valence-corrected chi connectivity index (χ2v) is 7.03. The Bertz CT molecular complexity index is 562. The van der Waals surface area contributed by atoms with Crippen molar-refractivity contribution in [3.05, 3.63) is 63.6 Å². The first-order chi connectivity index (χ1) is 9.67. The zero-order valence-corrected chi connectivity index (χ0v) is 14.4. The Balaban J connectivity index is 1.92. The molecule has 0 fully saturated rings. The summed E-state index contributed by atoms with van der Waals surface area (Å²) in [5, 5.41) is 4.18. The van der Waals surface area contributed by atoms with E-state index in [1.54, 1.807) is 0 Å². The molecule has 0 aliphatic rings. The maximum atomic E-state index is 6.01. The fourth-order valence-electron chi connectivity index (χ4n) is 1.95. The lowest BCUT2D eigenvalue weighted by Crippen LogP contribution is -2.30. The lowest BCUT2D eigenvalue weighted by molar-refractivity contribution is 0.617. The molecule has 1 unspecified atom stereocenters. The van der Waals surface area contributed by atoms with E-state index in [2.05, 4.69) is 51.6 Å². The Kier molecular flexibility index (Phi) is 6.43. The van der Waals surface area contributed by atoms with Crippen molar-refractivity contribution in [3.8, 4) is 0 Å². The molecule has 20 heavy (non-hydrogen) atoms. The number of hydrogen-bond acceptors (Lipinski definition) is 2. The number of thioether (sulfide) groups is 1. The molecular weight excluding hydrogens is 354 g/mol. The summed E-state index contributed by atoms with van der Waals surface area (Å²) in [4.78, 5) is 1.21. The molecule has 0 saturated carbocycles. The summed E-state index contributed by atoms with van der Waals surface area (Å²) in [6, 6.07) is 16.9. The van der Waals surface area contributed by atoms with Gasteiger partial charge >= 0.3 is 0 Å². The summed E-state index contributed by atoms with van der Waals surface area (Å²) in [5.74, 6) is 1.02. The molecule has 106 valence electrons. The fourth-order valence-corrected chi connectivity index (χ4v) is 3.71. The summed E-state index contributed by atoms with van der Waals surface area (Å²) >= 11 is 11.4. The highest BCUT2D eigenvalue weighted by Crippen LogP contribution is 2.23. The number of halogens is 2. The molecular formula is C16H17BrClNS. The van der Waals surface area contributed by atoms with Crippen molar-refractivity contribution in [1.29, 1.82) is 0 Å². The number of nitrogens with one attached hydrogen (secondary N) is 1. The predicted molar refractivity (Wildman–Crippen MR) is 92.9 cm³/mol. The van der Waals surface area contributed by atoms with E-state index in [-0.39, 0.29) is 0 Å². The van der Waals surface area contributed by atoms with E-state index >= 15 is 0 Å². The molecule has 0 aliphatic carbocycles. The van der Waals surface area contributed by atoms with Gasteiger partial charge in [0.2, 0.25) is 0 Å². The quantitative estimate of drug-likeness (QED) is 0.716. The van der Waals surface area contributed by atoms with E-state index in [1.807, 2.05) is 37.0 Å². The third-order valence-electron chi connectivity index (χ3n) is 3.03. The normalized spacial score (nSPS) is 12.3. The second-order valence-electron chi connectivity index (χ2n) is 4.59. The molecule has 0 amide bonds. The van der Waals surface area contributed by atoms with Gasteiger partial charge in [0.15, 0.2) is 0 Å². The van der Waals surface area contributed by atoms with E-state index in [0.717, 1.165) is 21.7 Å². The highest BCUT2D eigenvalue weighted by molar-refractivity contribution is 9.10. The average Bonchev–Trinajstić information content (AvgIpc) is 2.43. The van der Waals surface area contributed by atoms with Gasteiger partial charge in [-0.3, -0.25) is 0 Å². The maximum absolute atomic E-state index is 6.01. The predicted octanol–water partition coefficient (Wildman–Crippen LogP) is 5.03. The van der Waals surface area contributed by atoms with Crippen LogP contribution in [0.4, 0.5) is 0 Å². The molecule has 0 spiro atoms. The van der Waals surface area contributed by atoms with Crippen molar-refractivity contribution in [1.82, 2.24) is 5.32 Å². The molecule has 2 aromatic rings. The molecule has 0 heterocycles. The minimum Gasteiger partial charge on any atom is -0.316 e. The van der Waals surface area contributed by atoms with Gasteiger partial charge in [-0.05, 0) is 49.4 Å². The Morgan fingerprint density at radius 3 is 2.70 bits per heavy atom. The van der Waals surface area contributed by atoms with Crippen molar-refractivity contribution in [2.24, 2.45) is 0 Å². The summed E-state index contributed by atoms with van der Waals surface area (Å²) in [6.45, 7) is 0. The van der Waals surface area contributed by atoms with Gasteiger partial charge in [-0.2, -0.15) is 0 Å². The Labute approximate surface area is 138 Å². The molecule has 0 saturated heterocycles. The zero-order valence-electron chi connectivity index (χ0n) is 11.3. The van der Waals surface area contributed by atoms with E-state index in [4.69, 9.17) is 11.6 Å². The average molecular weight is 371 g/mol. The van der Waals surface area contributed by atoms with Gasteiger partial charge in [0.05, 0.1) is 0 Å². The minimum absolute atomic E-state index is 0.438. The fraction of sp³-hybridized carbons (Fsp3) is 0.250. The first-order valence-corrected chi connectivity index (χ1v) is 8.63. The van der Waals surface area contributed by atoms with Crippen LogP contribution in [0.3, 0.4) is 0 Å². The SMILES string of the molecule is CNC(CSc1cccc(Cl)c1)Cc1cccc(Br)c1. The Hall–Kier alpha value is -0.480. The second kappa shape index (κ2) is 8.08. The van der Waals surface area contributed by atoms with Gasteiger partial charge in [0.25, 0.3) is 0 Å². The van der Waals surface area contributed by atoms with Gasteiger partial charge in [0.1, 0.15) is 0 Å². The molecule has 1 N–H and O–H groups in total. The third-order valence-corrected chi connectivity index (χ3v) is 4.91. The molecule has 2 rings (SSSR count). The van der Waals surface area contributed by atoms with Crippen LogP contribution in [0.25, 0.3) is 0 Å².